The standard InChI is InChI=1S/C13H12Cl2N2OS/c1-8-16-9(7-19-8)5-6-12(18)17-13-10(14)3-2-4-11(13)15/h2-4,7H,5-6H2,1H3,(H,17,18). The number of nitrogens with zero attached hydrogens (tertiary/aromatic N) is 1. The number of hydrogen-bond donors (Lipinski definition) is 1. The summed E-state index contributed by atoms with van der Waals surface area (Å²) in [5.41, 5.74) is 1.40. The highest BCUT2D eigenvalue weighted by atomic mass is 35.5. The minimum Gasteiger partial charge on any atom is -0.324 e. The second-order valence-corrected chi connectivity index (χ2v) is 5.88. The van der Waals surface area contributed by atoms with E-state index in [0.717, 1.165) is 10.7 Å². The number of carbonyl (C=O) groups is 1. The molecule has 1 aromatic carbocycles. The largest absolute Gasteiger partial charge is 0.324 e. The molecule has 0 fully saturated rings. The van der Waals surface area contributed by atoms with E-state index < -0.39 is 0 Å². The van der Waals surface area contributed by atoms with E-state index in [1.54, 1.807) is 29.5 Å². The number of aryl methyl sites for hydroxylation is 2. The Labute approximate surface area is 125 Å². The molecule has 0 unspecified atom stereocenters. The molecule has 6 heteroatoms. The van der Waals surface area contributed by atoms with Crippen LogP contribution < -0.4 is 5.32 Å². The third-order valence-corrected chi connectivity index (χ3v) is 3.95. The van der Waals surface area contributed by atoms with Crippen molar-refractivity contribution in [1.82, 2.24) is 4.98 Å². The van der Waals surface area contributed by atoms with Crippen LogP contribution in [0.2, 0.25) is 10.0 Å². The number of aromatic nitrogens is 1. The van der Waals surface area contributed by atoms with Gasteiger partial charge in [-0.15, -0.1) is 11.3 Å². The third-order valence-electron chi connectivity index (χ3n) is 2.50. The molecule has 1 heterocycles. The summed E-state index contributed by atoms with van der Waals surface area (Å²) in [5.74, 6) is -0.124. The Morgan fingerprint density at radius 1 is 1.37 bits per heavy atom. The summed E-state index contributed by atoms with van der Waals surface area (Å²) in [6.07, 6.45) is 0.961. The molecule has 0 aliphatic heterocycles. The van der Waals surface area contributed by atoms with Crippen LogP contribution in [0.1, 0.15) is 17.1 Å². The van der Waals surface area contributed by atoms with E-state index in [-0.39, 0.29) is 5.91 Å². The Balaban J connectivity index is 1.94. The molecule has 100 valence electrons. The molecule has 0 atom stereocenters. The molecule has 2 rings (SSSR count). The van der Waals surface area contributed by atoms with E-state index in [2.05, 4.69) is 10.3 Å². The number of hydrogen-bond acceptors (Lipinski definition) is 3. The van der Waals surface area contributed by atoms with Crippen LogP contribution in [-0.4, -0.2) is 10.9 Å². The van der Waals surface area contributed by atoms with Crippen LogP contribution >= 0.6 is 34.5 Å². The highest BCUT2D eigenvalue weighted by molar-refractivity contribution is 7.09. The molecular formula is C13H12Cl2N2OS. The molecule has 0 bridgehead atoms. The van der Waals surface area contributed by atoms with Crippen LogP contribution in [0.5, 0.6) is 0 Å². The minimum atomic E-state index is -0.124. The molecule has 3 nitrogen and oxygen atoms in total. The predicted octanol–water partition coefficient (Wildman–Crippen LogP) is 4.33. The summed E-state index contributed by atoms with van der Waals surface area (Å²) >= 11 is 13.5. The molecule has 0 spiro atoms. The van der Waals surface area contributed by atoms with E-state index in [1.165, 1.54) is 0 Å². The molecule has 0 aliphatic rings. The lowest BCUT2D eigenvalue weighted by atomic mass is 10.2. The fraction of sp³-hybridized carbons (Fsp3) is 0.231. The lowest BCUT2D eigenvalue weighted by Crippen LogP contribution is -2.13. The number of carbonyl (C=O) groups excluding carboxylic acids is 1. The van der Waals surface area contributed by atoms with Crippen molar-refractivity contribution in [2.45, 2.75) is 19.8 Å². The quantitative estimate of drug-likeness (QED) is 0.912. The zero-order chi connectivity index (χ0) is 13.8. The summed E-state index contributed by atoms with van der Waals surface area (Å²) in [6, 6.07) is 5.11. The fourth-order valence-electron chi connectivity index (χ4n) is 1.58. The molecule has 2 aromatic rings. The second-order valence-electron chi connectivity index (χ2n) is 4.00. The van der Waals surface area contributed by atoms with Gasteiger partial charge in [-0.05, 0) is 25.5 Å². The fourth-order valence-corrected chi connectivity index (χ4v) is 2.72. The topological polar surface area (TPSA) is 42.0 Å². The number of amides is 1. The number of para-hydroxylation sites is 1. The second kappa shape index (κ2) is 6.37. The smallest absolute Gasteiger partial charge is 0.224 e. The predicted molar refractivity (Wildman–Crippen MR) is 80.3 cm³/mol. The Bertz CT molecular complexity index is 578. The van der Waals surface area contributed by atoms with Gasteiger partial charge in [-0.2, -0.15) is 0 Å². The number of nitrogens with one attached hydrogen (secondary N) is 1. The van der Waals surface area contributed by atoms with Crippen molar-refractivity contribution in [3.05, 3.63) is 44.3 Å². The van der Waals surface area contributed by atoms with E-state index in [4.69, 9.17) is 23.2 Å². The molecular weight excluding hydrogens is 303 g/mol. The van der Waals surface area contributed by atoms with Gasteiger partial charge in [0.2, 0.25) is 5.91 Å². The van der Waals surface area contributed by atoms with E-state index in [0.29, 0.717) is 28.6 Å². The number of halogens is 2. The van der Waals surface area contributed by atoms with Gasteiger partial charge >= 0.3 is 0 Å². The molecule has 1 N–H and O–H groups in total. The molecule has 0 saturated carbocycles. The highest BCUT2D eigenvalue weighted by Gasteiger charge is 2.10. The van der Waals surface area contributed by atoms with Gasteiger partial charge in [0.05, 0.1) is 26.4 Å². The maximum absolute atomic E-state index is 11.8. The van der Waals surface area contributed by atoms with Gasteiger partial charge in [0.15, 0.2) is 0 Å². The molecule has 0 aliphatic carbocycles. The van der Waals surface area contributed by atoms with Crippen LogP contribution in [0, 0.1) is 6.92 Å². The Hall–Kier alpha value is -1.10. The number of benzene rings is 1. The van der Waals surface area contributed by atoms with Crippen LogP contribution in [0.4, 0.5) is 5.69 Å². The number of thiazole rings is 1. The molecule has 0 saturated heterocycles. The summed E-state index contributed by atoms with van der Waals surface area (Å²) < 4.78 is 0. The summed E-state index contributed by atoms with van der Waals surface area (Å²) in [6.45, 7) is 1.94. The van der Waals surface area contributed by atoms with Crippen molar-refractivity contribution in [3.8, 4) is 0 Å². The average molecular weight is 315 g/mol. The van der Waals surface area contributed by atoms with Crippen LogP contribution in [-0.2, 0) is 11.2 Å². The summed E-state index contributed by atoms with van der Waals surface area (Å²) in [4.78, 5) is 16.2. The van der Waals surface area contributed by atoms with E-state index >= 15 is 0 Å². The van der Waals surface area contributed by atoms with Gasteiger partial charge in [-0.3, -0.25) is 4.79 Å². The first-order valence-electron chi connectivity index (χ1n) is 5.71. The van der Waals surface area contributed by atoms with Crippen molar-refractivity contribution < 1.29 is 4.79 Å². The first-order chi connectivity index (χ1) is 9.06. The van der Waals surface area contributed by atoms with Crippen molar-refractivity contribution in [3.63, 3.8) is 0 Å². The van der Waals surface area contributed by atoms with E-state index in [1.807, 2.05) is 12.3 Å². The van der Waals surface area contributed by atoms with Gasteiger partial charge in [0, 0.05) is 11.8 Å². The van der Waals surface area contributed by atoms with E-state index in [9.17, 15) is 4.79 Å². The lowest BCUT2D eigenvalue weighted by Gasteiger charge is -2.08. The zero-order valence-electron chi connectivity index (χ0n) is 10.2. The first kappa shape index (κ1) is 14.3. The van der Waals surface area contributed by atoms with Crippen LogP contribution in [0.15, 0.2) is 23.6 Å². The lowest BCUT2D eigenvalue weighted by molar-refractivity contribution is -0.116. The minimum absolute atomic E-state index is 0.124. The first-order valence-corrected chi connectivity index (χ1v) is 7.34. The summed E-state index contributed by atoms with van der Waals surface area (Å²) in [5, 5.41) is 6.57. The SMILES string of the molecule is Cc1nc(CCC(=O)Nc2c(Cl)cccc2Cl)cs1. The van der Waals surface area contributed by atoms with Crippen molar-refractivity contribution in [2.75, 3.05) is 5.32 Å². The van der Waals surface area contributed by atoms with Gasteiger partial charge < -0.3 is 5.32 Å². The Morgan fingerprint density at radius 2 is 2.05 bits per heavy atom. The molecule has 19 heavy (non-hydrogen) atoms. The van der Waals surface area contributed by atoms with Crippen LogP contribution in [0.25, 0.3) is 0 Å². The van der Waals surface area contributed by atoms with Crippen LogP contribution in [0.3, 0.4) is 0 Å². The normalized spacial score (nSPS) is 10.5. The molecule has 0 radical (unpaired) electrons. The van der Waals surface area contributed by atoms with Gasteiger partial charge in [-0.1, -0.05) is 29.3 Å². The number of rotatable bonds is 4. The maximum atomic E-state index is 11.8. The maximum Gasteiger partial charge on any atom is 0.224 e. The zero-order valence-corrected chi connectivity index (χ0v) is 12.6. The third kappa shape index (κ3) is 3.93. The Kier molecular flexibility index (Phi) is 4.80. The average Bonchev–Trinajstić information content (AvgIpc) is 2.77. The van der Waals surface area contributed by atoms with Gasteiger partial charge in [0.25, 0.3) is 0 Å². The van der Waals surface area contributed by atoms with Crippen molar-refractivity contribution in [1.29, 1.82) is 0 Å². The molecule has 1 aromatic heterocycles. The van der Waals surface area contributed by atoms with Gasteiger partial charge in [-0.25, -0.2) is 4.98 Å². The monoisotopic (exact) mass is 314 g/mol. The number of anilines is 1. The van der Waals surface area contributed by atoms with Gasteiger partial charge in [0.1, 0.15) is 0 Å². The molecule has 1 amide bonds. The van der Waals surface area contributed by atoms with Crippen molar-refractivity contribution in [2.24, 2.45) is 0 Å². The summed E-state index contributed by atoms with van der Waals surface area (Å²) in [7, 11) is 0. The van der Waals surface area contributed by atoms with Crippen molar-refractivity contribution >= 4 is 46.1 Å². The highest BCUT2D eigenvalue weighted by Crippen LogP contribution is 2.29. The Morgan fingerprint density at radius 3 is 2.63 bits per heavy atom.